The zero-order valence-electron chi connectivity index (χ0n) is 11.9. The summed E-state index contributed by atoms with van der Waals surface area (Å²) in [6.45, 7) is 5.68. The lowest BCUT2D eigenvalue weighted by Crippen LogP contribution is -2.25. The fourth-order valence-electron chi connectivity index (χ4n) is 2.59. The summed E-state index contributed by atoms with van der Waals surface area (Å²) in [6.07, 6.45) is 3.41. The van der Waals surface area contributed by atoms with E-state index in [2.05, 4.69) is 50.1 Å². The maximum absolute atomic E-state index is 6.09. The second-order valence-electron chi connectivity index (χ2n) is 5.85. The smallest absolute Gasteiger partial charge is 0.0396 e. The number of anilines is 1. The standard InChI is InChI=1S/C16H26N2/c1-4-15(17)10-13-7-5-6-8-16(13)18(3)11-14-9-12(14)2/h5-8,12,14-15H,4,9-11,17H2,1-3H3. The largest absolute Gasteiger partial charge is 0.374 e. The molecule has 0 saturated heterocycles. The summed E-state index contributed by atoms with van der Waals surface area (Å²) >= 11 is 0. The summed E-state index contributed by atoms with van der Waals surface area (Å²) in [5.41, 5.74) is 8.84. The van der Waals surface area contributed by atoms with Crippen LogP contribution in [-0.2, 0) is 6.42 Å². The van der Waals surface area contributed by atoms with Gasteiger partial charge in [0.1, 0.15) is 0 Å². The molecule has 3 atom stereocenters. The van der Waals surface area contributed by atoms with E-state index in [1.807, 2.05) is 0 Å². The zero-order valence-corrected chi connectivity index (χ0v) is 11.9. The quantitative estimate of drug-likeness (QED) is 0.836. The second kappa shape index (κ2) is 5.75. The molecule has 18 heavy (non-hydrogen) atoms. The highest BCUT2D eigenvalue weighted by molar-refractivity contribution is 5.53. The van der Waals surface area contributed by atoms with Crippen LogP contribution in [0.25, 0.3) is 0 Å². The van der Waals surface area contributed by atoms with E-state index >= 15 is 0 Å². The molecule has 1 aliphatic rings. The lowest BCUT2D eigenvalue weighted by atomic mass is 10.0. The average molecular weight is 246 g/mol. The fourth-order valence-corrected chi connectivity index (χ4v) is 2.59. The molecule has 0 radical (unpaired) electrons. The first-order chi connectivity index (χ1) is 8.61. The highest BCUT2D eigenvalue weighted by Crippen LogP contribution is 2.39. The predicted octanol–water partition coefficient (Wildman–Crippen LogP) is 3.06. The van der Waals surface area contributed by atoms with E-state index in [0.717, 1.165) is 24.7 Å². The van der Waals surface area contributed by atoms with Crippen LogP contribution in [0.1, 0.15) is 32.3 Å². The van der Waals surface area contributed by atoms with E-state index in [-0.39, 0.29) is 6.04 Å². The molecule has 1 fully saturated rings. The van der Waals surface area contributed by atoms with Gasteiger partial charge < -0.3 is 10.6 Å². The van der Waals surface area contributed by atoms with Crippen molar-refractivity contribution in [2.45, 2.75) is 39.2 Å². The van der Waals surface area contributed by atoms with Crippen molar-refractivity contribution in [1.29, 1.82) is 0 Å². The molecular weight excluding hydrogens is 220 g/mol. The topological polar surface area (TPSA) is 29.3 Å². The molecule has 3 unspecified atom stereocenters. The molecule has 0 amide bonds. The van der Waals surface area contributed by atoms with E-state index in [9.17, 15) is 0 Å². The van der Waals surface area contributed by atoms with Crippen LogP contribution in [0.2, 0.25) is 0 Å². The van der Waals surface area contributed by atoms with Crippen LogP contribution in [0.3, 0.4) is 0 Å². The first kappa shape index (κ1) is 13.4. The Morgan fingerprint density at radius 2 is 2.06 bits per heavy atom. The summed E-state index contributed by atoms with van der Waals surface area (Å²) in [6, 6.07) is 8.97. The number of benzene rings is 1. The number of para-hydroxylation sites is 1. The molecule has 0 heterocycles. The van der Waals surface area contributed by atoms with Crippen molar-refractivity contribution in [3.63, 3.8) is 0 Å². The molecule has 1 aliphatic carbocycles. The van der Waals surface area contributed by atoms with E-state index in [1.54, 1.807) is 0 Å². The minimum Gasteiger partial charge on any atom is -0.374 e. The third-order valence-electron chi connectivity index (χ3n) is 4.19. The monoisotopic (exact) mass is 246 g/mol. The molecular formula is C16H26N2. The van der Waals surface area contributed by atoms with Crippen LogP contribution in [0.4, 0.5) is 5.69 Å². The summed E-state index contributed by atoms with van der Waals surface area (Å²) < 4.78 is 0. The van der Waals surface area contributed by atoms with Crippen LogP contribution in [0.15, 0.2) is 24.3 Å². The Labute approximate surface area is 111 Å². The van der Waals surface area contributed by atoms with Crippen LogP contribution in [0, 0.1) is 11.8 Å². The maximum Gasteiger partial charge on any atom is 0.0396 e. The maximum atomic E-state index is 6.09. The average Bonchev–Trinajstić information content (AvgIpc) is 3.05. The third-order valence-corrected chi connectivity index (χ3v) is 4.19. The Bertz CT molecular complexity index is 388. The van der Waals surface area contributed by atoms with Gasteiger partial charge in [-0.05, 0) is 42.7 Å². The van der Waals surface area contributed by atoms with E-state index in [4.69, 9.17) is 5.73 Å². The summed E-state index contributed by atoms with van der Waals surface area (Å²) in [4.78, 5) is 2.41. The highest BCUT2D eigenvalue weighted by Gasteiger charge is 2.33. The first-order valence-electron chi connectivity index (χ1n) is 7.16. The van der Waals surface area contributed by atoms with Crippen molar-refractivity contribution in [2.24, 2.45) is 17.6 Å². The number of hydrogen-bond donors (Lipinski definition) is 1. The zero-order chi connectivity index (χ0) is 13.1. The van der Waals surface area contributed by atoms with Crippen molar-refractivity contribution < 1.29 is 0 Å². The molecule has 1 aromatic carbocycles. The molecule has 0 bridgehead atoms. The highest BCUT2D eigenvalue weighted by atomic mass is 15.1. The van der Waals surface area contributed by atoms with Gasteiger partial charge in [0.2, 0.25) is 0 Å². The Hall–Kier alpha value is -1.02. The molecule has 2 N–H and O–H groups in total. The number of nitrogens with zero attached hydrogens (tertiary/aromatic N) is 1. The van der Waals surface area contributed by atoms with Gasteiger partial charge in [-0.25, -0.2) is 0 Å². The number of hydrogen-bond acceptors (Lipinski definition) is 2. The molecule has 2 nitrogen and oxygen atoms in total. The summed E-state index contributed by atoms with van der Waals surface area (Å²) in [5.74, 6) is 1.81. The molecule has 1 saturated carbocycles. The van der Waals surface area contributed by atoms with Gasteiger partial charge in [-0.15, -0.1) is 0 Å². The van der Waals surface area contributed by atoms with Crippen molar-refractivity contribution >= 4 is 5.69 Å². The predicted molar refractivity (Wildman–Crippen MR) is 79.0 cm³/mol. The lowest BCUT2D eigenvalue weighted by molar-refractivity contribution is 0.643. The van der Waals surface area contributed by atoms with Gasteiger partial charge in [-0.3, -0.25) is 0 Å². The second-order valence-corrected chi connectivity index (χ2v) is 5.85. The number of nitrogens with two attached hydrogens (primary N) is 1. The Balaban J connectivity index is 2.05. The van der Waals surface area contributed by atoms with Gasteiger partial charge in [-0.1, -0.05) is 32.0 Å². The van der Waals surface area contributed by atoms with Gasteiger partial charge in [-0.2, -0.15) is 0 Å². The SMILES string of the molecule is CCC(N)Cc1ccccc1N(C)CC1CC1C. The van der Waals surface area contributed by atoms with Crippen LogP contribution < -0.4 is 10.6 Å². The molecule has 0 spiro atoms. The van der Waals surface area contributed by atoms with Crippen LogP contribution in [-0.4, -0.2) is 19.6 Å². The van der Waals surface area contributed by atoms with Gasteiger partial charge in [0.05, 0.1) is 0 Å². The fraction of sp³-hybridized carbons (Fsp3) is 0.625. The van der Waals surface area contributed by atoms with E-state index in [1.165, 1.54) is 24.2 Å². The molecule has 1 aromatic rings. The van der Waals surface area contributed by atoms with Gasteiger partial charge in [0.25, 0.3) is 0 Å². The lowest BCUT2D eigenvalue weighted by Gasteiger charge is -2.23. The minimum atomic E-state index is 0.277. The van der Waals surface area contributed by atoms with Gasteiger partial charge >= 0.3 is 0 Å². The normalized spacial score (nSPS) is 23.8. The van der Waals surface area contributed by atoms with Crippen molar-refractivity contribution in [2.75, 3.05) is 18.5 Å². The van der Waals surface area contributed by atoms with Crippen molar-refractivity contribution in [3.05, 3.63) is 29.8 Å². The summed E-state index contributed by atoms with van der Waals surface area (Å²) in [5, 5.41) is 0. The van der Waals surface area contributed by atoms with Crippen LogP contribution in [0.5, 0.6) is 0 Å². The molecule has 0 aromatic heterocycles. The Morgan fingerprint density at radius 1 is 1.39 bits per heavy atom. The van der Waals surface area contributed by atoms with Gasteiger partial charge in [0, 0.05) is 25.3 Å². The van der Waals surface area contributed by atoms with E-state index in [0.29, 0.717) is 0 Å². The number of rotatable bonds is 6. The van der Waals surface area contributed by atoms with E-state index < -0.39 is 0 Å². The van der Waals surface area contributed by atoms with Gasteiger partial charge in [0.15, 0.2) is 0 Å². The molecule has 100 valence electrons. The minimum absolute atomic E-state index is 0.277. The van der Waals surface area contributed by atoms with Crippen molar-refractivity contribution in [1.82, 2.24) is 0 Å². The molecule has 2 heteroatoms. The third kappa shape index (κ3) is 3.26. The first-order valence-corrected chi connectivity index (χ1v) is 7.16. The van der Waals surface area contributed by atoms with Crippen molar-refractivity contribution in [3.8, 4) is 0 Å². The van der Waals surface area contributed by atoms with Crippen LogP contribution >= 0.6 is 0 Å². The Morgan fingerprint density at radius 3 is 2.67 bits per heavy atom. The summed E-state index contributed by atoms with van der Waals surface area (Å²) in [7, 11) is 2.21. The molecule has 0 aliphatic heterocycles. The molecule has 2 rings (SSSR count). The Kier molecular flexibility index (Phi) is 4.28.